The van der Waals surface area contributed by atoms with Crippen LogP contribution in [0.1, 0.15) is 182 Å². The molecule has 0 unspecified atom stereocenters. The molecule has 268 valence electrons. The number of rotatable bonds is 15. The fourth-order valence-corrected chi connectivity index (χ4v) is 12.3. The predicted molar refractivity (Wildman–Crippen MR) is 192 cm³/mol. The van der Waals surface area contributed by atoms with Gasteiger partial charge in [-0.15, -0.1) is 0 Å². The first-order valence-corrected chi connectivity index (χ1v) is 20.9. The van der Waals surface area contributed by atoms with Crippen molar-refractivity contribution in [3.8, 4) is 0 Å². The molecule has 4 heteroatoms. The van der Waals surface area contributed by atoms with Gasteiger partial charge < -0.3 is 14.2 Å². The number of hydrogen-bond donors (Lipinski definition) is 0. The van der Waals surface area contributed by atoms with Crippen LogP contribution in [-0.4, -0.2) is 30.6 Å². The quantitative estimate of drug-likeness (QED) is 0.100. The Balaban J connectivity index is 0.920. The SMILES string of the molecule is CCCCCCCCCCCCCCCC(=O)O[C@H]1CC[C@@]2(C)C(=CC[C@H]3[C@H]4C[C@H]5O[C@]6(CC[C@H](C)CO6)[C@@H](C)[C@H]5[C@@]4(C)CC[C@@H]32)C1. The topological polar surface area (TPSA) is 44.8 Å². The van der Waals surface area contributed by atoms with Crippen LogP contribution < -0.4 is 0 Å². The standard InChI is InChI=1S/C43H72O4/c1-6-7-8-9-10-11-12-13-14-15-16-17-18-19-39(44)46-34-23-25-41(4)33(28-34)20-21-35-36(41)24-26-42(5)37(35)29-38-40(42)32(3)43(47-38)27-22-31(2)30-45-43/h20,31-32,34-38,40H,6-19,21-30H2,1-5H3/t31-,32-,34-,35+,36-,37+,38+,40+,41-,42-,43+/m0/s1. The molecule has 0 bridgehead atoms. The summed E-state index contributed by atoms with van der Waals surface area (Å²) < 4.78 is 19.7. The fourth-order valence-electron chi connectivity index (χ4n) is 12.3. The van der Waals surface area contributed by atoms with Crippen LogP contribution in [0.15, 0.2) is 11.6 Å². The Bertz CT molecular complexity index is 1060. The molecule has 0 aromatic heterocycles. The third-order valence-corrected chi connectivity index (χ3v) is 15.1. The molecule has 4 aliphatic carbocycles. The zero-order valence-electron chi connectivity index (χ0n) is 31.3. The molecule has 47 heavy (non-hydrogen) atoms. The summed E-state index contributed by atoms with van der Waals surface area (Å²) in [7, 11) is 0. The minimum atomic E-state index is -0.319. The van der Waals surface area contributed by atoms with Crippen LogP contribution in [0.25, 0.3) is 0 Å². The van der Waals surface area contributed by atoms with E-state index in [2.05, 4.69) is 40.7 Å². The molecular weight excluding hydrogens is 580 g/mol. The van der Waals surface area contributed by atoms with Gasteiger partial charge in [-0.2, -0.15) is 0 Å². The molecule has 4 nitrogen and oxygen atoms in total. The van der Waals surface area contributed by atoms with Crippen LogP contribution in [0.4, 0.5) is 0 Å². The molecule has 0 aromatic rings. The largest absolute Gasteiger partial charge is 0.462 e. The number of carbonyl (C=O) groups excluding carboxylic acids is 1. The van der Waals surface area contributed by atoms with Crippen LogP contribution in [0, 0.1) is 46.3 Å². The number of carbonyl (C=O) groups is 1. The van der Waals surface area contributed by atoms with Gasteiger partial charge >= 0.3 is 5.97 Å². The molecule has 3 saturated carbocycles. The zero-order valence-corrected chi connectivity index (χ0v) is 31.3. The van der Waals surface area contributed by atoms with E-state index in [4.69, 9.17) is 14.2 Å². The Hall–Kier alpha value is -0.870. The Labute approximate surface area is 289 Å². The highest BCUT2D eigenvalue weighted by Crippen LogP contribution is 2.70. The molecule has 0 amide bonds. The van der Waals surface area contributed by atoms with E-state index >= 15 is 0 Å². The smallest absolute Gasteiger partial charge is 0.306 e. The van der Waals surface area contributed by atoms with Crippen LogP contribution in [0.5, 0.6) is 0 Å². The normalized spacial score (nSPS) is 42.4. The molecule has 0 radical (unpaired) electrons. The molecule has 11 atom stereocenters. The van der Waals surface area contributed by atoms with Crippen molar-refractivity contribution in [3.05, 3.63) is 11.6 Å². The average Bonchev–Trinajstić information content (AvgIpc) is 3.50. The second-order valence-corrected chi connectivity index (χ2v) is 18.1. The summed E-state index contributed by atoms with van der Waals surface area (Å²) >= 11 is 0. The van der Waals surface area contributed by atoms with Crippen LogP contribution in [-0.2, 0) is 19.0 Å². The second-order valence-electron chi connectivity index (χ2n) is 18.1. The molecular formula is C43H72O4. The molecule has 2 heterocycles. The first kappa shape index (κ1) is 35.9. The summed E-state index contributed by atoms with van der Waals surface area (Å²) in [6.45, 7) is 13.1. The summed E-state index contributed by atoms with van der Waals surface area (Å²) in [5.41, 5.74) is 2.25. The molecule has 1 spiro atoms. The van der Waals surface area contributed by atoms with Crippen molar-refractivity contribution in [3.63, 3.8) is 0 Å². The van der Waals surface area contributed by atoms with Gasteiger partial charge in [0.05, 0.1) is 12.7 Å². The molecule has 2 aliphatic heterocycles. The van der Waals surface area contributed by atoms with E-state index in [-0.39, 0.29) is 23.3 Å². The van der Waals surface area contributed by atoms with E-state index in [1.165, 1.54) is 116 Å². The fraction of sp³-hybridized carbons (Fsp3) is 0.930. The highest BCUT2D eigenvalue weighted by molar-refractivity contribution is 5.69. The molecule has 6 aliphatic rings. The monoisotopic (exact) mass is 653 g/mol. The Morgan fingerprint density at radius 1 is 0.851 bits per heavy atom. The predicted octanol–water partition coefficient (Wildman–Crippen LogP) is 11.7. The zero-order chi connectivity index (χ0) is 33.1. The van der Waals surface area contributed by atoms with Gasteiger partial charge in [0.2, 0.25) is 0 Å². The maximum absolute atomic E-state index is 12.8. The molecule has 5 fully saturated rings. The van der Waals surface area contributed by atoms with Gasteiger partial charge in [0, 0.05) is 25.2 Å². The van der Waals surface area contributed by atoms with Gasteiger partial charge in [-0.05, 0) is 91.8 Å². The van der Waals surface area contributed by atoms with Gasteiger partial charge in [-0.3, -0.25) is 4.79 Å². The number of esters is 1. The average molecular weight is 653 g/mol. The van der Waals surface area contributed by atoms with Gasteiger partial charge in [-0.25, -0.2) is 0 Å². The van der Waals surface area contributed by atoms with Gasteiger partial charge in [-0.1, -0.05) is 123 Å². The lowest BCUT2D eigenvalue weighted by Crippen LogP contribution is -2.52. The summed E-state index contributed by atoms with van der Waals surface area (Å²) in [6.07, 6.45) is 31.6. The van der Waals surface area contributed by atoms with Crippen LogP contribution in [0.3, 0.4) is 0 Å². The number of unbranched alkanes of at least 4 members (excludes halogenated alkanes) is 12. The first-order valence-electron chi connectivity index (χ1n) is 20.9. The van der Waals surface area contributed by atoms with Crippen LogP contribution >= 0.6 is 0 Å². The van der Waals surface area contributed by atoms with Crippen molar-refractivity contribution in [2.24, 2.45) is 46.3 Å². The second kappa shape index (κ2) is 15.6. The van der Waals surface area contributed by atoms with Crippen molar-refractivity contribution < 1.29 is 19.0 Å². The summed E-state index contributed by atoms with van der Waals surface area (Å²) in [5.74, 6) is 3.78. The Kier molecular flexibility index (Phi) is 11.9. The van der Waals surface area contributed by atoms with Gasteiger partial charge in [0.25, 0.3) is 0 Å². The summed E-state index contributed by atoms with van der Waals surface area (Å²) in [4.78, 5) is 12.8. The van der Waals surface area contributed by atoms with Crippen molar-refractivity contribution in [2.45, 2.75) is 200 Å². The lowest BCUT2D eigenvalue weighted by molar-refractivity contribution is -0.272. The van der Waals surface area contributed by atoms with Crippen molar-refractivity contribution in [1.29, 1.82) is 0 Å². The highest BCUT2D eigenvalue weighted by atomic mass is 16.7. The summed E-state index contributed by atoms with van der Waals surface area (Å²) in [5, 5.41) is 0. The third-order valence-electron chi connectivity index (χ3n) is 15.1. The lowest BCUT2D eigenvalue weighted by Gasteiger charge is -2.58. The molecule has 0 N–H and O–H groups in total. The maximum atomic E-state index is 12.8. The Morgan fingerprint density at radius 3 is 2.19 bits per heavy atom. The first-order chi connectivity index (χ1) is 22.7. The highest BCUT2D eigenvalue weighted by Gasteiger charge is 2.68. The minimum Gasteiger partial charge on any atom is -0.462 e. The van der Waals surface area contributed by atoms with Crippen molar-refractivity contribution in [1.82, 2.24) is 0 Å². The van der Waals surface area contributed by atoms with Gasteiger partial charge in [0.1, 0.15) is 6.10 Å². The molecule has 0 aromatic carbocycles. The number of allylic oxidation sites excluding steroid dienone is 1. The van der Waals surface area contributed by atoms with E-state index in [1.807, 2.05) is 0 Å². The van der Waals surface area contributed by atoms with Crippen molar-refractivity contribution in [2.75, 3.05) is 6.61 Å². The van der Waals surface area contributed by atoms with Gasteiger partial charge in [0.15, 0.2) is 5.79 Å². The van der Waals surface area contributed by atoms with E-state index in [0.29, 0.717) is 35.7 Å². The third kappa shape index (κ3) is 7.45. The van der Waals surface area contributed by atoms with Crippen LogP contribution in [0.2, 0.25) is 0 Å². The van der Waals surface area contributed by atoms with E-state index < -0.39 is 0 Å². The molecule has 2 saturated heterocycles. The van der Waals surface area contributed by atoms with E-state index in [9.17, 15) is 4.79 Å². The number of ether oxygens (including phenoxy) is 3. The molecule has 6 rings (SSSR count). The Morgan fingerprint density at radius 2 is 1.53 bits per heavy atom. The van der Waals surface area contributed by atoms with E-state index in [0.717, 1.165) is 50.0 Å². The van der Waals surface area contributed by atoms with E-state index in [1.54, 1.807) is 5.57 Å². The number of hydrogen-bond acceptors (Lipinski definition) is 4. The van der Waals surface area contributed by atoms with Crippen molar-refractivity contribution >= 4 is 5.97 Å². The minimum absolute atomic E-state index is 0.0465. The summed E-state index contributed by atoms with van der Waals surface area (Å²) in [6, 6.07) is 0. The maximum Gasteiger partial charge on any atom is 0.306 e. The lowest BCUT2D eigenvalue weighted by atomic mass is 9.47. The number of fused-ring (bicyclic) bond motifs is 7.